The number of hydrogen-bond donors (Lipinski definition) is 2. The van der Waals surface area contributed by atoms with Gasteiger partial charge in [-0.25, -0.2) is 23.9 Å². The summed E-state index contributed by atoms with van der Waals surface area (Å²) in [5.74, 6) is -5.32. The highest BCUT2D eigenvalue weighted by Crippen LogP contribution is 2.35. The molecule has 0 aromatic carbocycles. The van der Waals surface area contributed by atoms with E-state index in [2.05, 4.69) is 37.3 Å². The van der Waals surface area contributed by atoms with Gasteiger partial charge in [0.05, 0.1) is 25.6 Å². The van der Waals surface area contributed by atoms with Crippen LogP contribution in [0.5, 0.6) is 0 Å². The van der Waals surface area contributed by atoms with Crippen LogP contribution in [0, 0.1) is 11.2 Å². The predicted molar refractivity (Wildman–Crippen MR) is 119 cm³/mol. The Hall–Kier alpha value is -3.05. The lowest BCUT2D eigenvalue weighted by Gasteiger charge is -2.31. The third-order valence-corrected chi connectivity index (χ3v) is 6.15. The van der Waals surface area contributed by atoms with Gasteiger partial charge in [0.25, 0.3) is 0 Å². The van der Waals surface area contributed by atoms with Crippen LogP contribution in [0.15, 0.2) is 29.9 Å². The lowest BCUT2D eigenvalue weighted by molar-refractivity contribution is -0.193. The molecule has 2 saturated heterocycles. The van der Waals surface area contributed by atoms with Gasteiger partial charge in [-0.05, 0) is 24.4 Å². The number of thiophene rings is 1. The average molecular weight is 576 g/mol. The minimum Gasteiger partial charge on any atom is -0.475 e. The molecule has 9 nitrogen and oxygen atoms in total. The Bertz CT molecular complexity index is 1010. The largest absolute Gasteiger partial charge is 0.490 e. The highest BCUT2D eigenvalue weighted by atomic mass is 32.1. The number of carboxylic acid groups (broad SMARTS) is 2. The summed E-state index contributed by atoms with van der Waals surface area (Å²) in [5.41, 5.74) is 0.103. The number of halogens is 7. The minimum absolute atomic E-state index is 0.103. The highest BCUT2D eigenvalue weighted by molar-refractivity contribution is 7.09. The summed E-state index contributed by atoms with van der Waals surface area (Å²) >= 11 is 1.81. The number of alkyl halides is 6. The van der Waals surface area contributed by atoms with Crippen molar-refractivity contribution in [1.82, 2.24) is 14.9 Å². The molecule has 4 heterocycles. The molecule has 2 aromatic heterocycles. The number of rotatable bonds is 3. The fourth-order valence-electron chi connectivity index (χ4n) is 3.66. The molecule has 212 valence electrons. The van der Waals surface area contributed by atoms with E-state index in [1.807, 2.05) is 11.3 Å². The molecule has 0 aliphatic carbocycles. The molecule has 1 atom stereocenters. The summed E-state index contributed by atoms with van der Waals surface area (Å²) in [7, 11) is 0. The number of aliphatic carboxylic acids is 2. The fourth-order valence-corrected chi connectivity index (χ4v) is 4.41. The van der Waals surface area contributed by atoms with E-state index in [0.29, 0.717) is 12.6 Å². The first-order valence-corrected chi connectivity index (χ1v) is 11.6. The number of carboxylic acids is 2. The van der Waals surface area contributed by atoms with Crippen LogP contribution >= 0.6 is 11.3 Å². The Morgan fingerprint density at radius 2 is 1.61 bits per heavy atom. The molecule has 1 unspecified atom stereocenters. The molecule has 2 fully saturated rings. The van der Waals surface area contributed by atoms with Crippen molar-refractivity contribution in [2.75, 3.05) is 44.3 Å². The Labute approximate surface area is 215 Å². The molecule has 2 aliphatic heterocycles. The van der Waals surface area contributed by atoms with Crippen LogP contribution in [0.2, 0.25) is 0 Å². The molecule has 0 bridgehead atoms. The maximum Gasteiger partial charge on any atom is 0.490 e. The third kappa shape index (κ3) is 10.0. The summed E-state index contributed by atoms with van der Waals surface area (Å²) in [6, 6.07) is 4.30. The van der Waals surface area contributed by atoms with Crippen LogP contribution in [-0.2, 0) is 20.9 Å². The molecule has 2 aromatic rings. The zero-order valence-corrected chi connectivity index (χ0v) is 20.3. The number of aromatic nitrogens is 2. The van der Waals surface area contributed by atoms with E-state index in [0.717, 1.165) is 45.8 Å². The summed E-state index contributed by atoms with van der Waals surface area (Å²) in [6.45, 7) is 6.14. The van der Waals surface area contributed by atoms with E-state index >= 15 is 0 Å². The van der Waals surface area contributed by atoms with Gasteiger partial charge in [0.1, 0.15) is 0 Å². The molecule has 2 aliphatic rings. The molecule has 0 radical (unpaired) electrons. The second kappa shape index (κ2) is 13.1. The molecule has 4 rings (SSSR count). The van der Waals surface area contributed by atoms with Gasteiger partial charge in [0, 0.05) is 36.5 Å². The molecular formula is C21H23F7N4O5S. The van der Waals surface area contributed by atoms with E-state index in [4.69, 9.17) is 24.5 Å². The van der Waals surface area contributed by atoms with Gasteiger partial charge in [-0.15, -0.1) is 11.3 Å². The van der Waals surface area contributed by atoms with Gasteiger partial charge in [-0.2, -0.15) is 26.3 Å². The zero-order valence-electron chi connectivity index (χ0n) is 19.5. The highest BCUT2D eigenvalue weighted by Gasteiger charge is 2.42. The van der Waals surface area contributed by atoms with Crippen molar-refractivity contribution >= 4 is 29.2 Å². The summed E-state index contributed by atoms with van der Waals surface area (Å²) in [6.07, 6.45) is -6.59. The second-order valence-electron chi connectivity index (χ2n) is 8.32. The van der Waals surface area contributed by atoms with Gasteiger partial charge in [0.15, 0.2) is 5.82 Å². The smallest absolute Gasteiger partial charge is 0.475 e. The van der Waals surface area contributed by atoms with Crippen LogP contribution in [0.4, 0.5) is 36.7 Å². The van der Waals surface area contributed by atoms with E-state index in [1.165, 1.54) is 17.3 Å². The maximum absolute atomic E-state index is 13.1. The van der Waals surface area contributed by atoms with E-state index in [1.54, 1.807) is 0 Å². The molecular weight excluding hydrogens is 553 g/mol. The van der Waals surface area contributed by atoms with Crippen molar-refractivity contribution in [1.29, 1.82) is 0 Å². The maximum atomic E-state index is 13.1. The zero-order chi connectivity index (χ0) is 28.6. The number of carbonyl (C=O) groups is 2. The summed E-state index contributed by atoms with van der Waals surface area (Å²) in [5, 5.41) is 16.4. The number of ether oxygens (including phenoxy) is 1. The van der Waals surface area contributed by atoms with Crippen molar-refractivity contribution in [3.8, 4) is 0 Å². The third-order valence-electron chi connectivity index (χ3n) is 5.29. The Balaban J connectivity index is 0.000000301. The minimum atomic E-state index is -5.08. The number of likely N-dealkylation sites (tertiary alicyclic amines) is 1. The molecule has 38 heavy (non-hydrogen) atoms. The molecule has 17 heteroatoms. The van der Waals surface area contributed by atoms with E-state index < -0.39 is 30.1 Å². The average Bonchev–Trinajstić information content (AvgIpc) is 3.41. The Kier molecular flexibility index (Phi) is 10.8. The molecule has 0 amide bonds. The number of nitrogens with zero attached hydrogens (tertiary/aromatic N) is 4. The monoisotopic (exact) mass is 576 g/mol. The van der Waals surface area contributed by atoms with Crippen molar-refractivity contribution in [2.24, 2.45) is 5.41 Å². The van der Waals surface area contributed by atoms with Crippen molar-refractivity contribution in [3.05, 3.63) is 40.6 Å². The van der Waals surface area contributed by atoms with Crippen LogP contribution < -0.4 is 4.90 Å². The SMILES string of the molecule is Fc1cnc(N2CCOCC3(CCN(Cc4cccs4)C3)C2)nc1.O=C(O)C(F)(F)F.O=C(O)C(F)(F)F. The van der Waals surface area contributed by atoms with E-state index in [9.17, 15) is 30.7 Å². The molecule has 1 spiro atoms. The van der Waals surface area contributed by atoms with Crippen molar-refractivity contribution in [2.45, 2.75) is 25.3 Å². The normalized spacial score (nSPS) is 20.1. The number of anilines is 1. The van der Waals surface area contributed by atoms with E-state index in [-0.39, 0.29) is 5.41 Å². The van der Waals surface area contributed by atoms with Crippen molar-refractivity contribution in [3.63, 3.8) is 0 Å². The summed E-state index contributed by atoms with van der Waals surface area (Å²) in [4.78, 5) is 32.1. The van der Waals surface area contributed by atoms with Gasteiger partial charge in [-0.3, -0.25) is 4.90 Å². The number of hydrogen-bond acceptors (Lipinski definition) is 8. The second-order valence-corrected chi connectivity index (χ2v) is 9.35. The fraction of sp³-hybridized carbons (Fsp3) is 0.524. The van der Waals surface area contributed by atoms with Gasteiger partial charge in [0.2, 0.25) is 5.95 Å². The quantitative estimate of drug-likeness (QED) is 0.528. The first-order chi connectivity index (χ1) is 17.6. The first kappa shape index (κ1) is 31.2. The van der Waals surface area contributed by atoms with Crippen LogP contribution in [0.25, 0.3) is 0 Å². The molecule has 0 saturated carbocycles. The Morgan fingerprint density at radius 3 is 2.11 bits per heavy atom. The van der Waals surface area contributed by atoms with Gasteiger partial charge < -0.3 is 19.8 Å². The standard InChI is InChI=1S/C17H21FN4OS.2C2HF3O2/c18-14-8-19-16(20-9-14)22-5-6-23-13-17(12-22)3-4-21(11-17)10-15-2-1-7-24-15;2*3-2(4,5)1(6)7/h1-2,7-9H,3-6,10-13H2;2*(H,6,7). The predicted octanol–water partition coefficient (Wildman–Crippen LogP) is 3.67. The van der Waals surface area contributed by atoms with Crippen LogP contribution in [-0.4, -0.2) is 88.8 Å². The van der Waals surface area contributed by atoms with Gasteiger partial charge in [-0.1, -0.05) is 6.07 Å². The van der Waals surface area contributed by atoms with Crippen LogP contribution in [0.1, 0.15) is 11.3 Å². The van der Waals surface area contributed by atoms with Crippen molar-refractivity contribution < 1.29 is 55.3 Å². The molecule has 2 N–H and O–H groups in total. The van der Waals surface area contributed by atoms with Gasteiger partial charge >= 0.3 is 24.3 Å². The van der Waals surface area contributed by atoms with Crippen LogP contribution in [0.3, 0.4) is 0 Å². The first-order valence-electron chi connectivity index (χ1n) is 10.8. The lowest BCUT2D eigenvalue weighted by atomic mass is 9.87. The topological polar surface area (TPSA) is 116 Å². The lowest BCUT2D eigenvalue weighted by Crippen LogP contribution is -2.41. The summed E-state index contributed by atoms with van der Waals surface area (Å²) < 4.78 is 82.5. The Morgan fingerprint density at radius 1 is 1.03 bits per heavy atom.